The van der Waals surface area contributed by atoms with E-state index in [9.17, 15) is 4.79 Å². The fourth-order valence-electron chi connectivity index (χ4n) is 2.31. The van der Waals surface area contributed by atoms with Crippen LogP contribution in [0.5, 0.6) is 0 Å². The monoisotopic (exact) mass is 234 g/mol. The highest BCUT2D eigenvalue weighted by Gasteiger charge is 2.42. The summed E-state index contributed by atoms with van der Waals surface area (Å²) >= 11 is 0. The number of nitrogens with zero attached hydrogens (tertiary/aromatic N) is 3. The van der Waals surface area contributed by atoms with Crippen LogP contribution in [0.25, 0.3) is 0 Å². The van der Waals surface area contributed by atoms with E-state index in [1.165, 1.54) is 7.05 Å². The molecule has 1 fully saturated rings. The minimum absolute atomic E-state index is 0.0195. The lowest BCUT2D eigenvalue weighted by Crippen LogP contribution is -2.40. The maximum atomic E-state index is 10.9. The Bertz CT molecular complexity index is 424. The smallest absolute Gasteiger partial charge is 0.323 e. The van der Waals surface area contributed by atoms with Crippen molar-refractivity contribution in [3.05, 3.63) is 12.2 Å². The number of oxime groups is 1. The van der Waals surface area contributed by atoms with Gasteiger partial charge in [0.1, 0.15) is 0 Å². The van der Waals surface area contributed by atoms with E-state index in [2.05, 4.69) is 26.3 Å². The quantitative estimate of drug-likeness (QED) is 0.528. The number of amides is 1. The Hall–Kier alpha value is -1.87. The molecule has 6 heteroatoms. The Morgan fingerprint density at radius 2 is 2.53 bits per heavy atom. The van der Waals surface area contributed by atoms with Gasteiger partial charge >= 0.3 is 6.09 Å². The zero-order chi connectivity index (χ0) is 12.4. The third kappa shape index (κ3) is 2.01. The first-order chi connectivity index (χ1) is 8.17. The van der Waals surface area contributed by atoms with Gasteiger partial charge in [-0.15, -0.1) is 0 Å². The van der Waals surface area contributed by atoms with Crippen molar-refractivity contribution in [1.29, 1.82) is 5.26 Å². The summed E-state index contributed by atoms with van der Waals surface area (Å²) in [6.45, 7) is 0. The van der Waals surface area contributed by atoms with E-state index in [0.717, 1.165) is 6.42 Å². The molecule has 3 unspecified atom stereocenters. The predicted octanol–water partition coefficient (Wildman–Crippen LogP) is 0.481. The van der Waals surface area contributed by atoms with Crippen molar-refractivity contribution >= 4 is 11.8 Å². The number of carbonyl (C=O) groups is 1. The number of rotatable bonds is 1. The van der Waals surface area contributed by atoms with Crippen molar-refractivity contribution in [3.63, 3.8) is 0 Å². The molecule has 0 radical (unpaired) electrons. The summed E-state index contributed by atoms with van der Waals surface area (Å²) in [5.74, 6) is -0.0195. The van der Waals surface area contributed by atoms with Crippen molar-refractivity contribution in [2.24, 2.45) is 11.1 Å². The highest BCUT2D eigenvalue weighted by atomic mass is 16.7. The zero-order valence-corrected chi connectivity index (χ0v) is 9.75. The second kappa shape index (κ2) is 4.55. The molecule has 2 rings (SSSR count). The molecule has 3 atom stereocenters. The van der Waals surface area contributed by atoms with E-state index >= 15 is 0 Å². The van der Waals surface area contributed by atoms with Crippen LogP contribution in [0.3, 0.4) is 0 Å². The number of likely N-dealkylation sites (N-methyl/N-ethyl adjacent to an activating group) is 1. The van der Waals surface area contributed by atoms with Crippen LogP contribution in [0.4, 0.5) is 4.79 Å². The first-order valence-corrected chi connectivity index (χ1v) is 5.43. The van der Waals surface area contributed by atoms with E-state index in [1.54, 1.807) is 0 Å². The molecule has 0 aromatic heterocycles. The van der Waals surface area contributed by atoms with Crippen molar-refractivity contribution < 1.29 is 9.63 Å². The average Bonchev–Trinajstić information content (AvgIpc) is 2.56. The van der Waals surface area contributed by atoms with Gasteiger partial charge in [-0.1, -0.05) is 11.2 Å². The van der Waals surface area contributed by atoms with Crippen LogP contribution >= 0.6 is 0 Å². The molecular formula is C11H14N4O2. The van der Waals surface area contributed by atoms with Gasteiger partial charge in [-0.3, -0.25) is 9.74 Å². The fraction of sp³-hybridized carbons (Fsp3) is 0.545. The molecule has 1 amide bonds. The van der Waals surface area contributed by atoms with Gasteiger partial charge in [0, 0.05) is 13.1 Å². The van der Waals surface area contributed by atoms with Crippen LogP contribution < -0.4 is 5.32 Å². The topological polar surface area (TPSA) is 77.7 Å². The Labute approximate surface area is 99.5 Å². The Balaban J connectivity index is 2.14. The molecule has 0 aromatic carbocycles. The lowest BCUT2D eigenvalue weighted by Gasteiger charge is -2.27. The Morgan fingerprint density at radius 1 is 1.76 bits per heavy atom. The Kier molecular flexibility index (Phi) is 3.11. The molecule has 1 N–H and O–H groups in total. The lowest BCUT2D eigenvalue weighted by molar-refractivity contribution is 0.151. The van der Waals surface area contributed by atoms with Crippen LogP contribution in [-0.4, -0.2) is 42.9 Å². The van der Waals surface area contributed by atoms with Crippen LogP contribution in [0, 0.1) is 17.2 Å². The minimum Gasteiger partial charge on any atom is -0.323 e. The summed E-state index contributed by atoms with van der Waals surface area (Å²) in [5, 5.41) is 15.2. The Morgan fingerprint density at radius 3 is 3.18 bits per heavy atom. The van der Waals surface area contributed by atoms with Crippen LogP contribution in [0.15, 0.2) is 17.3 Å². The van der Waals surface area contributed by atoms with E-state index in [-0.39, 0.29) is 18.0 Å². The molecule has 90 valence electrons. The molecule has 2 aliphatic rings. The molecule has 17 heavy (non-hydrogen) atoms. The van der Waals surface area contributed by atoms with E-state index in [0.29, 0.717) is 5.71 Å². The molecule has 0 aliphatic carbocycles. The molecule has 0 aromatic rings. The number of nitrogens with one attached hydrogen (secondary N) is 1. The van der Waals surface area contributed by atoms with Crippen molar-refractivity contribution in [3.8, 4) is 6.07 Å². The van der Waals surface area contributed by atoms with Crippen molar-refractivity contribution in [2.75, 3.05) is 14.1 Å². The van der Waals surface area contributed by atoms with Crippen molar-refractivity contribution in [2.45, 2.75) is 18.5 Å². The molecule has 1 saturated heterocycles. The fourth-order valence-corrected chi connectivity index (χ4v) is 2.31. The summed E-state index contributed by atoms with van der Waals surface area (Å²) in [5.41, 5.74) is 0.685. The van der Waals surface area contributed by atoms with E-state index in [1.807, 2.05) is 19.2 Å². The molecule has 2 heterocycles. The number of fused-ring (bicyclic) bond motifs is 2. The third-order valence-electron chi connectivity index (χ3n) is 3.26. The van der Waals surface area contributed by atoms with Crippen LogP contribution in [0.1, 0.15) is 6.42 Å². The highest BCUT2D eigenvalue weighted by molar-refractivity contribution is 6.00. The predicted molar refractivity (Wildman–Crippen MR) is 61.2 cm³/mol. The standard InChI is InChI=1S/C11H14N4O2/c1-13-11(16)17-14-8-3-4-9-7(6-12)5-10(8)15(9)2/h3-4,7,9-10H,5H2,1-2H3,(H,13,16)/b14-8-. The number of hydrogen-bond donors (Lipinski definition) is 1. The van der Waals surface area contributed by atoms with Gasteiger partial charge in [-0.25, -0.2) is 4.79 Å². The summed E-state index contributed by atoms with van der Waals surface area (Å²) in [6.07, 6.45) is 3.89. The van der Waals surface area contributed by atoms with Gasteiger partial charge in [0.05, 0.1) is 23.7 Å². The number of carbonyl (C=O) groups excluding carboxylic acids is 1. The molecule has 2 aliphatic heterocycles. The first kappa shape index (κ1) is 11.6. The molecular weight excluding hydrogens is 220 g/mol. The van der Waals surface area contributed by atoms with E-state index in [4.69, 9.17) is 5.26 Å². The van der Waals surface area contributed by atoms with Gasteiger partial charge in [0.15, 0.2) is 0 Å². The summed E-state index contributed by atoms with van der Waals surface area (Å²) in [4.78, 5) is 17.7. The van der Waals surface area contributed by atoms with Crippen molar-refractivity contribution in [1.82, 2.24) is 10.2 Å². The average molecular weight is 234 g/mol. The SMILES string of the molecule is CNC(=O)O/N=C1/C=CC2C(C#N)CC1N2C. The molecule has 2 bridgehead atoms. The molecule has 0 saturated carbocycles. The first-order valence-electron chi connectivity index (χ1n) is 5.43. The number of hydrogen-bond acceptors (Lipinski definition) is 5. The number of nitriles is 1. The van der Waals surface area contributed by atoms with Gasteiger partial charge in [-0.05, 0) is 19.5 Å². The lowest BCUT2D eigenvalue weighted by atomic mass is 10.0. The largest absolute Gasteiger partial charge is 0.433 e. The van der Waals surface area contributed by atoms with Crippen LogP contribution in [0.2, 0.25) is 0 Å². The molecule has 6 nitrogen and oxygen atoms in total. The second-order valence-corrected chi connectivity index (χ2v) is 4.15. The summed E-state index contributed by atoms with van der Waals surface area (Å²) < 4.78 is 0. The zero-order valence-electron chi connectivity index (χ0n) is 9.75. The third-order valence-corrected chi connectivity index (χ3v) is 3.26. The summed E-state index contributed by atoms with van der Waals surface area (Å²) in [6, 6.07) is 2.49. The minimum atomic E-state index is -0.592. The second-order valence-electron chi connectivity index (χ2n) is 4.15. The van der Waals surface area contributed by atoms with Crippen LogP contribution in [-0.2, 0) is 4.84 Å². The van der Waals surface area contributed by atoms with Gasteiger partial charge in [0.2, 0.25) is 0 Å². The maximum absolute atomic E-state index is 10.9. The van der Waals surface area contributed by atoms with Gasteiger partial charge in [0.25, 0.3) is 0 Å². The van der Waals surface area contributed by atoms with Gasteiger partial charge in [-0.2, -0.15) is 5.26 Å². The summed E-state index contributed by atoms with van der Waals surface area (Å²) in [7, 11) is 3.42. The molecule has 0 spiro atoms. The highest BCUT2D eigenvalue weighted by Crippen LogP contribution is 2.33. The normalized spacial score (nSPS) is 33.5. The van der Waals surface area contributed by atoms with E-state index < -0.39 is 6.09 Å². The van der Waals surface area contributed by atoms with Gasteiger partial charge < -0.3 is 5.32 Å². The maximum Gasteiger partial charge on any atom is 0.433 e.